The molecule has 0 spiro atoms. The number of rotatable bonds is 6. The summed E-state index contributed by atoms with van der Waals surface area (Å²) in [5.74, 6) is 1.83. The van der Waals surface area contributed by atoms with Gasteiger partial charge in [-0.1, -0.05) is 46.0 Å². The molecule has 1 rings (SSSR count). The first kappa shape index (κ1) is 12.0. The van der Waals surface area contributed by atoms with Gasteiger partial charge in [0.1, 0.15) is 0 Å². The standard InChI is InChI=1S/C13H27N/c1-3-5-6-7-13(14)12-9-8-11(4-2)10-12/h11-13H,3-10,14H2,1-2H3. The van der Waals surface area contributed by atoms with Crippen molar-refractivity contribution >= 4 is 0 Å². The number of nitrogens with two attached hydrogens (primary N) is 1. The number of unbranched alkanes of at least 4 members (excludes halogenated alkanes) is 2. The Kier molecular flexibility index (Phi) is 5.54. The first-order chi connectivity index (χ1) is 6.77. The summed E-state index contributed by atoms with van der Waals surface area (Å²) in [4.78, 5) is 0. The molecule has 0 heterocycles. The van der Waals surface area contributed by atoms with Crippen LogP contribution in [0.3, 0.4) is 0 Å². The fourth-order valence-electron chi connectivity index (χ4n) is 2.74. The monoisotopic (exact) mass is 197 g/mol. The van der Waals surface area contributed by atoms with E-state index < -0.39 is 0 Å². The van der Waals surface area contributed by atoms with Crippen LogP contribution in [-0.2, 0) is 0 Å². The second-order valence-electron chi connectivity index (χ2n) is 5.01. The number of hydrogen-bond donors (Lipinski definition) is 1. The summed E-state index contributed by atoms with van der Waals surface area (Å²) < 4.78 is 0. The van der Waals surface area contributed by atoms with Gasteiger partial charge in [-0.3, -0.25) is 0 Å². The van der Waals surface area contributed by atoms with Gasteiger partial charge in [0.05, 0.1) is 0 Å². The van der Waals surface area contributed by atoms with Gasteiger partial charge in [0.2, 0.25) is 0 Å². The molecule has 0 amide bonds. The van der Waals surface area contributed by atoms with Crippen LogP contribution in [0.4, 0.5) is 0 Å². The Hall–Kier alpha value is -0.0400. The van der Waals surface area contributed by atoms with E-state index in [0.717, 1.165) is 11.8 Å². The lowest BCUT2D eigenvalue weighted by molar-refractivity contribution is 0.380. The summed E-state index contributed by atoms with van der Waals surface area (Å²) in [5, 5.41) is 0. The van der Waals surface area contributed by atoms with Crippen molar-refractivity contribution < 1.29 is 0 Å². The van der Waals surface area contributed by atoms with Gasteiger partial charge in [-0.15, -0.1) is 0 Å². The summed E-state index contributed by atoms with van der Waals surface area (Å²) in [6, 6.07) is 0.498. The van der Waals surface area contributed by atoms with E-state index in [4.69, 9.17) is 5.73 Å². The highest BCUT2D eigenvalue weighted by Gasteiger charge is 2.27. The van der Waals surface area contributed by atoms with E-state index in [1.165, 1.54) is 51.4 Å². The van der Waals surface area contributed by atoms with E-state index in [2.05, 4.69) is 13.8 Å². The molecule has 1 saturated carbocycles. The molecule has 14 heavy (non-hydrogen) atoms. The highest BCUT2D eigenvalue weighted by Crippen LogP contribution is 2.35. The molecule has 0 saturated heterocycles. The van der Waals surface area contributed by atoms with Crippen LogP contribution >= 0.6 is 0 Å². The van der Waals surface area contributed by atoms with E-state index in [1.807, 2.05) is 0 Å². The maximum atomic E-state index is 6.24. The van der Waals surface area contributed by atoms with Crippen LogP contribution < -0.4 is 5.73 Å². The van der Waals surface area contributed by atoms with Gasteiger partial charge < -0.3 is 5.73 Å². The molecular weight excluding hydrogens is 170 g/mol. The predicted molar refractivity (Wildman–Crippen MR) is 63.2 cm³/mol. The molecule has 3 atom stereocenters. The Labute approximate surface area is 89.5 Å². The van der Waals surface area contributed by atoms with Gasteiger partial charge in [0.25, 0.3) is 0 Å². The maximum Gasteiger partial charge on any atom is 0.00672 e. The minimum absolute atomic E-state index is 0.498. The zero-order chi connectivity index (χ0) is 10.4. The Morgan fingerprint density at radius 3 is 2.57 bits per heavy atom. The van der Waals surface area contributed by atoms with E-state index in [0.29, 0.717) is 6.04 Å². The van der Waals surface area contributed by atoms with Crippen LogP contribution in [-0.4, -0.2) is 6.04 Å². The SMILES string of the molecule is CCCCCC(N)C1CCC(CC)C1. The number of hydrogen-bond acceptors (Lipinski definition) is 1. The van der Waals surface area contributed by atoms with Crippen molar-refractivity contribution in [2.24, 2.45) is 17.6 Å². The zero-order valence-corrected chi connectivity index (χ0v) is 9.97. The van der Waals surface area contributed by atoms with Crippen LogP contribution in [0.25, 0.3) is 0 Å². The average molecular weight is 197 g/mol. The summed E-state index contributed by atoms with van der Waals surface area (Å²) in [6.45, 7) is 4.57. The van der Waals surface area contributed by atoms with E-state index in [-0.39, 0.29) is 0 Å². The molecule has 0 aromatic heterocycles. The van der Waals surface area contributed by atoms with Crippen LogP contribution in [0.15, 0.2) is 0 Å². The van der Waals surface area contributed by atoms with Crippen molar-refractivity contribution in [1.29, 1.82) is 0 Å². The molecule has 2 N–H and O–H groups in total. The van der Waals surface area contributed by atoms with Crippen molar-refractivity contribution in [2.45, 2.75) is 71.3 Å². The topological polar surface area (TPSA) is 26.0 Å². The average Bonchev–Trinajstić information content (AvgIpc) is 2.66. The van der Waals surface area contributed by atoms with Gasteiger partial charge in [-0.2, -0.15) is 0 Å². The van der Waals surface area contributed by atoms with Crippen molar-refractivity contribution in [1.82, 2.24) is 0 Å². The van der Waals surface area contributed by atoms with Crippen LogP contribution in [0.1, 0.15) is 65.2 Å². The predicted octanol–water partition coefficient (Wildman–Crippen LogP) is 3.72. The molecule has 0 aromatic carbocycles. The molecule has 0 radical (unpaired) electrons. The molecular formula is C13H27N. The van der Waals surface area contributed by atoms with Crippen molar-refractivity contribution in [3.8, 4) is 0 Å². The lowest BCUT2D eigenvalue weighted by atomic mass is 9.92. The Balaban J connectivity index is 2.15. The van der Waals surface area contributed by atoms with Gasteiger partial charge in [-0.25, -0.2) is 0 Å². The summed E-state index contributed by atoms with van der Waals surface area (Å²) in [5.41, 5.74) is 6.24. The fourth-order valence-corrected chi connectivity index (χ4v) is 2.74. The molecule has 0 aromatic rings. The summed E-state index contributed by atoms with van der Waals surface area (Å²) in [6.07, 6.45) is 10.9. The molecule has 0 aliphatic heterocycles. The van der Waals surface area contributed by atoms with Crippen molar-refractivity contribution in [3.63, 3.8) is 0 Å². The first-order valence-corrected chi connectivity index (χ1v) is 6.53. The maximum absolute atomic E-state index is 6.24. The van der Waals surface area contributed by atoms with Gasteiger partial charge in [0, 0.05) is 6.04 Å². The highest BCUT2D eigenvalue weighted by molar-refractivity contribution is 4.82. The third kappa shape index (κ3) is 3.61. The Morgan fingerprint density at radius 1 is 1.21 bits per heavy atom. The zero-order valence-electron chi connectivity index (χ0n) is 9.97. The van der Waals surface area contributed by atoms with E-state index in [1.54, 1.807) is 0 Å². The summed E-state index contributed by atoms with van der Waals surface area (Å²) >= 11 is 0. The minimum Gasteiger partial charge on any atom is -0.327 e. The quantitative estimate of drug-likeness (QED) is 0.645. The van der Waals surface area contributed by atoms with E-state index in [9.17, 15) is 0 Å². The molecule has 3 unspecified atom stereocenters. The Bertz CT molecular complexity index is 144. The molecule has 1 aliphatic carbocycles. The normalized spacial score (nSPS) is 29.4. The first-order valence-electron chi connectivity index (χ1n) is 6.53. The van der Waals surface area contributed by atoms with E-state index >= 15 is 0 Å². The van der Waals surface area contributed by atoms with Crippen molar-refractivity contribution in [3.05, 3.63) is 0 Å². The van der Waals surface area contributed by atoms with Gasteiger partial charge in [-0.05, 0) is 31.1 Å². The molecule has 1 fully saturated rings. The second kappa shape index (κ2) is 6.44. The van der Waals surface area contributed by atoms with Gasteiger partial charge in [0.15, 0.2) is 0 Å². The smallest absolute Gasteiger partial charge is 0.00672 e. The minimum atomic E-state index is 0.498. The third-order valence-electron chi connectivity index (χ3n) is 3.91. The second-order valence-corrected chi connectivity index (χ2v) is 5.01. The van der Waals surface area contributed by atoms with Crippen molar-refractivity contribution in [2.75, 3.05) is 0 Å². The van der Waals surface area contributed by atoms with Crippen LogP contribution in [0, 0.1) is 11.8 Å². The molecule has 0 bridgehead atoms. The largest absolute Gasteiger partial charge is 0.327 e. The lowest BCUT2D eigenvalue weighted by Gasteiger charge is -2.19. The van der Waals surface area contributed by atoms with Crippen LogP contribution in [0.5, 0.6) is 0 Å². The molecule has 1 heteroatoms. The van der Waals surface area contributed by atoms with Gasteiger partial charge >= 0.3 is 0 Å². The highest BCUT2D eigenvalue weighted by atomic mass is 14.7. The fraction of sp³-hybridized carbons (Fsp3) is 1.00. The Morgan fingerprint density at radius 2 is 2.00 bits per heavy atom. The lowest BCUT2D eigenvalue weighted by Crippen LogP contribution is -2.28. The molecule has 1 nitrogen and oxygen atoms in total. The summed E-state index contributed by atoms with van der Waals surface area (Å²) in [7, 11) is 0. The molecule has 1 aliphatic rings. The molecule has 84 valence electrons. The third-order valence-corrected chi connectivity index (χ3v) is 3.91. The van der Waals surface area contributed by atoms with Crippen LogP contribution in [0.2, 0.25) is 0 Å².